The van der Waals surface area contributed by atoms with Crippen molar-refractivity contribution in [2.45, 2.75) is 33.2 Å². The third-order valence-electron chi connectivity index (χ3n) is 3.47. The van der Waals surface area contributed by atoms with Crippen LogP contribution in [0.15, 0.2) is 40.1 Å². The molecular formula is C18H24N2O4. The van der Waals surface area contributed by atoms with Crippen molar-refractivity contribution in [1.29, 1.82) is 0 Å². The van der Waals surface area contributed by atoms with E-state index in [4.69, 9.17) is 9.59 Å². The molecule has 2 aromatic rings. The van der Waals surface area contributed by atoms with Crippen molar-refractivity contribution in [2.24, 2.45) is 7.05 Å². The van der Waals surface area contributed by atoms with Crippen LogP contribution >= 0.6 is 0 Å². The third kappa shape index (κ3) is 5.79. The molecule has 0 saturated carbocycles. The van der Waals surface area contributed by atoms with Crippen LogP contribution in [0.3, 0.4) is 0 Å². The minimum Gasteiger partial charge on any atom is -0.307 e. The van der Waals surface area contributed by atoms with Gasteiger partial charge in [0, 0.05) is 25.4 Å². The zero-order chi connectivity index (χ0) is 18.7. The lowest BCUT2D eigenvalue weighted by molar-refractivity contribution is -0.0987. The summed E-state index contributed by atoms with van der Waals surface area (Å²) in [5, 5.41) is 0. The van der Waals surface area contributed by atoms with E-state index in [0.29, 0.717) is 12.1 Å². The third-order valence-corrected chi connectivity index (χ3v) is 3.47. The fourth-order valence-corrected chi connectivity index (χ4v) is 2.28. The first-order chi connectivity index (χ1) is 11.5. The molecule has 2 rings (SSSR count). The minimum absolute atomic E-state index is 0.183. The molecule has 24 heavy (non-hydrogen) atoms. The second-order valence-corrected chi connectivity index (χ2v) is 5.25. The Kier molecular flexibility index (Phi) is 9.63. The maximum atomic E-state index is 12.0. The molecule has 0 aliphatic carbocycles. The first-order valence-corrected chi connectivity index (χ1v) is 7.39. The number of carbonyl (C=O) groups is 2. The summed E-state index contributed by atoms with van der Waals surface area (Å²) in [4.78, 5) is 39.9. The second-order valence-electron chi connectivity index (χ2n) is 5.25. The molecule has 0 bridgehead atoms. The first-order valence-electron chi connectivity index (χ1n) is 7.39. The Labute approximate surface area is 141 Å². The molecule has 0 fully saturated rings. The van der Waals surface area contributed by atoms with Crippen molar-refractivity contribution in [3.8, 4) is 0 Å². The van der Waals surface area contributed by atoms with Gasteiger partial charge in [-0.3, -0.25) is 9.36 Å². The number of aromatic nitrogens is 2. The van der Waals surface area contributed by atoms with Crippen LogP contribution in [-0.4, -0.2) is 22.7 Å². The van der Waals surface area contributed by atoms with Gasteiger partial charge >= 0.3 is 5.69 Å². The number of aryl methyl sites for hydroxylation is 4. The smallest absolute Gasteiger partial charge is 0.307 e. The SMILES string of the molecule is C=O.C=O.Cc1ccc(CCCn2c(=O)c(C)cn(C)c2=O)cc1. The van der Waals surface area contributed by atoms with E-state index in [9.17, 15) is 9.59 Å². The maximum absolute atomic E-state index is 12.0. The highest BCUT2D eigenvalue weighted by Crippen LogP contribution is 2.06. The molecule has 0 radical (unpaired) electrons. The number of hydrogen-bond acceptors (Lipinski definition) is 4. The normalized spacial score (nSPS) is 9.29. The lowest BCUT2D eigenvalue weighted by Crippen LogP contribution is -2.39. The van der Waals surface area contributed by atoms with Gasteiger partial charge in [0.2, 0.25) is 0 Å². The lowest BCUT2D eigenvalue weighted by Gasteiger charge is -2.08. The van der Waals surface area contributed by atoms with Crippen molar-refractivity contribution in [1.82, 2.24) is 9.13 Å². The van der Waals surface area contributed by atoms with E-state index in [-0.39, 0.29) is 11.2 Å². The zero-order valence-corrected chi connectivity index (χ0v) is 14.4. The molecule has 1 heterocycles. The first kappa shape index (κ1) is 21.2. The molecule has 0 atom stereocenters. The van der Waals surface area contributed by atoms with E-state index in [1.807, 2.05) is 13.6 Å². The fourth-order valence-electron chi connectivity index (χ4n) is 2.28. The van der Waals surface area contributed by atoms with Crippen molar-refractivity contribution in [3.63, 3.8) is 0 Å². The fraction of sp³-hybridized carbons (Fsp3) is 0.333. The summed E-state index contributed by atoms with van der Waals surface area (Å²) >= 11 is 0. The molecule has 1 aromatic carbocycles. The summed E-state index contributed by atoms with van der Waals surface area (Å²) in [5.41, 5.74) is 2.63. The minimum atomic E-state index is -0.246. The van der Waals surface area contributed by atoms with Crippen LogP contribution in [0.2, 0.25) is 0 Å². The molecule has 0 unspecified atom stereocenters. The molecular weight excluding hydrogens is 308 g/mol. The van der Waals surface area contributed by atoms with Crippen molar-refractivity contribution < 1.29 is 9.59 Å². The zero-order valence-electron chi connectivity index (χ0n) is 14.4. The van der Waals surface area contributed by atoms with Crippen molar-refractivity contribution in [3.05, 3.63) is 68.0 Å². The summed E-state index contributed by atoms with van der Waals surface area (Å²) in [6, 6.07) is 8.33. The summed E-state index contributed by atoms with van der Waals surface area (Å²) in [6.07, 6.45) is 3.23. The summed E-state index contributed by atoms with van der Waals surface area (Å²) in [6.45, 7) is 8.25. The number of carbonyl (C=O) groups excluding carboxylic acids is 2. The number of rotatable bonds is 4. The van der Waals surface area contributed by atoms with Gasteiger partial charge in [-0.25, -0.2) is 4.79 Å². The largest absolute Gasteiger partial charge is 0.330 e. The van der Waals surface area contributed by atoms with Gasteiger partial charge in [0.15, 0.2) is 0 Å². The van der Waals surface area contributed by atoms with Gasteiger partial charge in [-0.15, -0.1) is 0 Å². The second kappa shape index (κ2) is 10.9. The standard InChI is InChI=1S/C16H20N2O2.2CH2O/c1-12-6-8-14(9-7-12)5-4-10-18-15(19)13(2)11-17(3)16(18)20;2*1-2/h6-9,11H,4-5,10H2,1-3H3;2*1H2. The van der Waals surface area contributed by atoms with Gasteiger partial charge in [0.1, 0.15) is 13.6 Å². The molecule has 0 N–H and O–H groups in total. The molecule has 0 amide bonds. The van der Waals surface area contributed by atoms with Gasteiger partial charge in [-0.2, -0.15) is 0 Å². The van der Waals surface area contributed by atoms with Crippen LogP contribution in [0.5, 0.6) is 0 Å². The number of nitrogens with zero attached hydrogens (tertiary/aromatic N) is 2. The van der Waals surface area contributed by atoms with E-state index in [1.165, 1.54) is 20.3 Å². The van der Waals surface area contributed by atoms with E-state index in [2.05, 4.69) is 31.2 Å². The van der Waals surface area contributed by atoms with Crippen LogP contribution in [0.4, 0.5) is 0 Å². The Balaban J connectivity index is 0.00000123. The molecule has 6 heteroatoms. The van der Waals surface area contributed by atoms with Crippen LogP contribution in [0, 0.1) is 13.8 Å². The molecule has 0 saturated heterocycles. The van der Waals surface area contributed by atoms with Gasteiger partial charge in [0.25, 0.3) is 5.56 Å². The quantitative estimate of drug-likeness (QED) is 0.848. The molecule has 0 aliphatic heterocycles. The highest BCUT2D eigenvalue weighted by molar-refractivity contribution is 5.21. The van der Waals surface area contributed by atoms with Crippen LogP contribution in [-0.2, 0) is 29.6 Å². The Hall–Kier alpha value is -2.76. The molecule has 0 aliphatic rings. The molecule has 0 spiro atoms. The Morgan fingerprint density at radius 2 is 1.50 bits per heavy atom. The Morgan fingerprint density at radius 1 is 0.958 bits per heavy atom. The predicted molar refractivity (Wildman–Crippen MR) is 94.4 cm³/mol. The molecule has 6 nitrogen and oxygen atoms in total. The van der Waals surface area contributed by atoms with Crippen LogP contribution in [0.25, 0.3) is 0 Å². The van der Waals surface area contributed by atoms with Crippen molar-refractivity contribution >= 4 is 13.6 Å². The Morgan fingerprint density at radius 3 is 2.04 bits per heavy atom. The number of hydrogen-bond donors (Lipinski definition) is 0. The van der Waals surface area contributed by atoms with Gasteiger partial charge in [0.05, 0.1) is 0 Å². The number of benzene rings is 1. The van der Waals surface area contributed by atoms with Crippen LogP contribution in [0.1, 0.15) is 23.1 Å². The van der Waals surface area contributed by atoms with Gasteiger partial charge in [-0.1, -0.05) is 29.8 Å². The predicted octanol–water partition coefficient (Wildman–Crippen LogP) is 1.43. The van der Waals surface area contributed by atoms with E-state index in [0.717, 1.165) is 12.8 Å². The lowest BCUT2D eigenvalue weighted by atomic mass is 10.1. The van der Waals surface area contributed by atoms with Crippen LogP contribution < -0.4 is 11.2 Å². The van der Waals surface area contributed by atoms with E-state index in [1.54, 1.807) is 20.2 Å². The van der Waals surface area contributed by atoms with Gasteiger partial charge in [-0.05, 0) is 32.3 Å². The summed E-state index contributed by atoms with van der Waals surface area (Å²) in [5.74, 6) is 0. The topological polar surface area (TPSA) is 78.1 Å². The molecule has 130 valence electrons. The summed E-state index contributed by atoms with van der Waals surface area (Å²) < 4.78 is 2.78. The average Bonchev–Trinajstić information content (AvgIpc) is 2.61. The van der Waals surface area contributed by atoms with Crippen molar-refractivity contribution in [2.75, 3.05) is 0 Å². The van der Waals surface area contributed by atoms with Gasteiger partial charge < -0.3 is 14.2 Å². The highest BCUT2D eigenvalue weighted by Gasteiger charge is 2.06. The Bertz CT molecular complexity index is 709. The average molecular weight is 332 g/mol. The van der Waals surface area contributed by atoms with E-state index < -0.39 is 0 Å². The van der Waals surface area contributed by atoms with E-state index >= 15 is 0 Å². The molecule has 1 aromatic heterocycles. The maximum Gasteiger partial charge on any atom is 0.330 e. The summed E-state index contributed by atoms with van der Waals surface area (Å²) in [7, 11) is 1.67. The highest BCUT2D eigenvalue weighted by atomic mass is 16.2. The monoisotopic (exact) mass is 332 g/mol.